The molecule has 1 amide bonds. The second-order valence-corrected chi connectivity index (χ2v) is 11.3. The van der Waals surface area contributed by atoms with Crippen LogP contribution in [-0.4, -0.2) is 52.9 Å². The van der Waals surface area contributed by atoms with Crippen molar-refractivity contribution in [1.82, 2.24) is 9.88 Å². The number of nitrogens with zero attached hydrogens (tertiary/aromatic N) is 3. The Morgan fingerprint density at radius 3 is 2.76 bits per heavy atom. The molecule has 8 heteroatoms. The normalized spacial score (nSPS) is 16.3. The number of fused-ring (bicyclic) bond motifs is 1. The van der Waals surface area contributed by atoms with Gasteiger partial charge in [0.15, 0.2) is 0 Å². The summed E-state index contributed by atoms with van der Waals surface area (Å²) in [7, 11) is 2.10. The molecule has 1 N–H and O–H groups in total. The molecule has 1 aliphatic rings. The van der Waals surface area contributed by atoms with Crippen LogP contribution in [0, 0.1) is 0 Å². The zero-order chi connectivity index (χ0) is 24.6. The number of hydrogen-bond acceptors (Lipinski definition) is 6. The SMILES string of the molecule is CCc1cc(Cl)cc(-c2ccnc3cc(CO)sc23)c1N(C)[C@H]1CCN(C(=O)OC(C)(C)C)C1. The van der Waals surface area contributed by atoms with Crippen LogP contribution in [-0.2, 0) is 17.8 Å². The number of carbonyl (C=O) groups is 1. The average Bonchev–Trinajstić information content (AvgIpc) is 3.44. The van der Waals surface area contributed by atoms with Crippen molar-refractivity contribution < 1.29 is 14.6 Å². The van der Waals surface area contributed by atoms with Crippen LogP contribution < -0.4 is 4.90 Å². The lowest BCUT2D eigenvalue weighted by molar-refractivity contribution is 0.0292. The van der Waals surface area contributed by atoms with Gasteiger partial charge in [-0.2, -0.15) is 0 Å². The smallest absolute Gasteiger partial charge is 0.410 e. The first-order valence-corrected chi connectivity index (χ1v) is 12.8. The molecule has 3 aromatic rings. The van der Waals surface area contributed by atoms with E-state index in [0.717, 1.165) is 50.3 Å². The Balaban J connectivity index is 1.73. The zero-order valence-electron chi connectivity index (χ0n) is 20.4. The van der Waals surface area contributed by atoms with Crippen molar-refractivity contribution in [2.45, 2.75) is 58.8 Å². The molecular formula is C26H32ClN3O3S. The van der Waals surface area contributed by atoms with E-state index in [-0.39, 0.29) is 18.7 Å². The molecule has 1 aromatic carbocycles. The Kier molecular flexibility index (Phi) is 7.08. The van der Waals surface area contributed by atoms with Crippen LogP contribution in [0.15, 0.2) is 30.5 Å². The Hall–Kier alpha value is -2.35. The standard InChI is InChI=1S/C26H32ClN3O3S/c1-6-16-11-17(27)12-21(20-7-9-28-22-13-19(15-31)34-24(20)22)23(16)29(5)18-8-10-30(14-18)25(32)33-26(2,3)4/h7,9,11-13,18,31H,6,8,10,14-15H2,1-5H3/t18-/m0/s1. The van der Waals surface area contributed by atoms with Crippen molar-refractivity contribution in [3.8, 4) is 11.1 Å². The van der Waals surface area contributed by atoms with Gasteiger partial charge in [-0.25, -0.2) is 4.79 Å². The predicted molar refractivity (Wildman–Crippen MR) is 140 cm³/mol. The van der Waals surface area contributed by atoms with Crippen LogP contribution in [0.5, 0.6) is 0 Å². The fraction of sp³-hybridized carbons (Fsp3) is 0.462. The molecular weight excluding hydrogens is 470 g/mol. The quantitative estimate of drug-likeness (QED) is 0.456. The molecule has 0 unspecified atom stereocenters. The van der Waals surface area contributed by atoms with Gasteiger partial charge < -0.3 is 19.6 Å². The number of carbonyl (C=O) groups excluding carboxylic acids is 1. The summed E-state index contributed by atoms with van der Waals surface area (Å²) in [5, 5.41) is 10.4. The minimum Gasteiger partial charge on any atom is -0.444 e. The van der Waals surface area contributed by atoms with Crippen LogP contribution in [0.25, 0.3) is 21.3 Å². The summed E-state index contributed by atoms with van der Waals surface area (Å²) in [6.45, 7) is 9.06. The number of aromatic nitrogens is 1. The number of likely N-dealkylation sites (N-methyl/N-ethyl adjacent to an activating group) is 1. The third-order valence-electron chi connectivity index (χ3n) is 6.16. The van der Waals surface area contributed by atoms with Crippen LogP contribution in [0.1, 0.15) is 44.6 Å². The molecule has 1 aliphatic heterocycles. The fourth-order valence-corrected chi connectivity index (χ4v) is 5.80. The number of rotatable bonds is 5. The Bertz CT molecular complexity index is 1200. The molecule has 2 aromatic heterocycles. The highest BCUT2D eigenvalue weighted by Crippen LogP contribution is 2.42. The first-order valence-electron chi connectivity index (χ1n) is 11.6. The number of thiophene rings is 1. The number of aliphatic hydroxyl groups is 1. The van der Waals surface area contributed by atoms with Crippen LogP contribution >= 0.6 is 22.9 Å². The van der Waals surface area contributed by atoms with E-state index < -0.39 is 5.60 Å². The van der Waals surface area contributed by atoms with Crippen molar-refractivity contribution >= 4 is 44.9 Å². The number of likely N-dealkylation sites (tertiary alicyclic amines) is 1. The molecule has 1 fully saturated rings. The van der Waals surface area contributed by atoms with E-state index in [4.69, 9.17) is 16.3 Å². The van der Waals surface area contributed by atoms with E-state index >= 15 is 0 Å². The molecule has 0 spiro atoms. The van der Waals surface area contributed by atoms with Gasteiger partial charge in [0, 0.05) is 59.1 Å². The summed E-state index contributed by atoms with van der Waals surface area (Å²) in [5.41, 5.74) is 4.73. The lowest BCUT2D eigenvalue weighted by Gasteiger charge is -2.31. The summed E-state index contributed by atoms with van der Waals surface area (Å²) in [6.07, 6.45) is 3.24. The van der Waals surface area contributed by atoms with Crippen LogP contribution in [0.4, 0.5) is 10.5 Å². The van der Waals surface area contributed by atoms with E-state index in [9.17, 15) is 9.90 Å². The zero-order valence-corrected chi connectivity index (χ0v) is 22.0. The van der Waals surface area contributed by atoms with Gasteiger partial charge in [-0.15, -0.1) is 11.3 Å². The van der Waals surface area contributed by atoms with Crippen molar-refractivity contribution in [1.29, 1.82) is 0 Å². The van der Waals surface area contributed by atoms with Gasteiger partial charge in [-0.1, -0.05) is 18.5 Å². The first-order chi connectivity index (χ1) is 16.1. The van der Waals surface area contributed by atoms with E-state index in [2.05, 4.69) is 23.9 Å². The molecule has 3 heterocycles. The molecule has 1 saturated heterocycles. The number of amides is 1. The second kappa shape index (κ2) is 9.72. The van der Waals surface area contributed by atoms with Gasteiger partial charge in [0.05, 0.1) is 16.8 Å². The largest absolute Gasteiger partial charge is 0.444 e. The molecule has 0 bridgehead atoms. The highest BCUT2D eigenvalue weighted by molar-refractivity contribution is 7.19. The highest BCUT2D eigenvalue weighted by Gasteiger charge is 2.33. The van der Waals surface area contributed by atoms with Crippen molar-refractivity contribution in [3.63, 3.8) is 0 Å². The van der Waals surface area contributed by atoms with Crippen molar-refractivity contribution in [3.05, 3.63) is 45.9 Å². The van der Waals surface area contributed by atoms with Gasteiger partial charge in [-0.05, 0) is 63.4 Å². The van der Waals surface area contributed by atoms with Gasteiger partial charge >= 0.3 is 6.09 Å². The molecule has 0 aliphatic carbocycles. The van der Waals surface area contributed by atoms with E-state index in [0.29, 0.717) is 18.1 Å². The Morgan fingerprint density at radius 2 is 2.09 bits per heavy atom. The summed E-state index contributed by atoms with van der Waals surface area (Å²) >= 11 is 8.14. The predicted octanol–water partition coefficient (Wildman–Crippen LogP) is 6.12. The van der Waals surface area contributed by atoms with E-state index in [1.54, 1.807) is 16.2 Å². The highest BCUT2D eigenvalue weighted by atomic mass is 35.5. The van der Waals surface area contributed by atoms with E-state index in [1.807, 2.05) is 51.2 Å². The van der Waals surface area contributed by atoms with Crippen LogP contribution in [0.3, 0.4) is 0 Å². The topological polar surface area (TPSA) is 65.9 Å². The minimum absolute atomic E-state index is 0.00838. The number of halogens is 1. The number of ether oxygens (including phenoxy) is 1. The molecule has 182 valence electrons. The summed E-state index contributed by atoms with van der Waals surface area (Å²) in [4.78, 5) is 22.1. The van der Waals surface area contributed by atoms with Crippen LogP contribution in [0.2, 0.25) is 5.02 Å². The maximum atomic E-state index is 12.6. The van der Waals surface area contributed by atoms with Gasteiger partial charge in [0.25, 0.3) is 0 Å². The number of hydrogen-bond donors (Lipinski definition) is 1. The maximum Gasteiger partial charge on any atom is 0.410 e. The number of anilines is 1. The summed E-state index contributed by atoms with van der Waals surface area (Å²) in [6, 6.07) is 8.16. The minimum atomic E-state index is -0.513. The summed E-state index contributed by atoms with van der Waals surface area (Å²) in [5.74, 6) is 0. The fourth-order valence-electron chi connectivity index (χ4n) is 4.56. The molecule has 0 radical (unpaired) electrons. The number of pyridine rings is 1. The van der Waals surface area contributed by atoms with E-state index in [1.165, 1.54) is 0 Å². The molecule has 6 nitrogen and oxygen atoms in total. The first kappa shape index (κ1) is 24.8. The third kappa shape index (κ3) is 5.02. The van der Waals surface area contributed by atoms with Crippen molar-refractivity contribution in [2.24, 2.45) is 0 Å². The Labute approximate surface area is 210 Å². The number of aryl methyl sites for hydroxylation is 1. The molecule has 34 heavy (non-hydrogen) atoms. The molecule has 1 atom stereocenters. The number of benzene rings is 1. The summed E-state index contributed by atoms with van der Waals surface area (Å²) < 4.78 is 6.63. The number of aliphatic hydroxyl groups excluding tert-OH is 1. The average molecular weight is 502 g/mol. The van der Waals surface area contributed by atoms with Gasteiger partial charge in [0.2, 0.25) is 0 Å². The Morgan fingerprint density at radius 1 is 1.32 bits per heavy atom. The van der Waals surface area contributed by atoms with Gasteiger partial charge in [-0.3, -0.25) is 4.98 Å². The lowest BCUT2D eigenvalue weighted by atomic mass is 9.97. The monoisotopic (exact) mass is 501 g/mol. The maximum absolute atomic E-state index is 12.6. The molecule has 0 saturated carbocycles. The second-order valence-electron chi connectivity index (χ2n) is 9.74. The third-order valence-corrected chi connectivity index (χ3v) is 7.52. The van der Waals surface area contributed by atoms with Crippen molar-refractivity contribution in [2.75, 3.05) is 25.0 Å². The van der Waals surface area contributed by atoms with Gasteiger partial charge in [0.1, 0.15) is 5.60 Å². The lowest BCUT2D eigenvalue weighted by Crippen LogP contribution is -2.39. The molecule has 4 rings (SSSR count).